The summed E-state index contributed by atoms with van der Waals surface area (Å²) in [5.74, 6) is -1.47. The van der Waals surface area contributed by atoms with Crippen LogP contribution in [0.2, 0.25) is 0 Å². The first kappa shape index (κ1) is 12.8. The highest BCUT2D eigenvalue weighted by molar-refractivity contribution is 5.85. The summed E-state index contributed by atoms with van der Waals surface area (Å²) in [6, 6.07) is 0. The lowest BCUT2D eigenvalue weighted by Gasteiger charge is -1.97. The highest BCUT2D eigenvalue weighted by atomic mass is 35.5. The molecule has 11 heavy (non-hydrogen) atoms. The molecule has 0 radical (unpaired) electrons. The Balaban J connectivity index is 0. The van der Waals surface area contributed by atoms with Gasteiger partial charge in [0.25, 0.3) is 0 Å². The third-order valence-electron chi connectivity index (χ3n) is 0.773. The maximum absolute atomic E-state index is 10.3. The number of hydrogen-bond donors (Lipinski definition) is 2. The van der Waals surface area contributed by atoms with Crippen molar-refractivity contribution in [3.8, 4) is 0 Å². The fraction of sp³-hybridized carbons (Fsp3) is 0.600. The van der Waals surface area contributed by atoms with Crippen LogP contribution >= 0.6 is 12.4 Å². The van der Waals surface area contributed by atoms with E-state index < -0.39 is 11.9 Å². The predicted octanol–water partition coefficient (Wildman–Crippen LogP) is -0.745. The normalized spacial score (nSPS) is 8.09. The Morgan fingerprint density at radius 3 is 2.36 bits per heavy atom. The molecule has 0 saturated carbocycles. The summed E-state index contributed by atoms with van der Waals surface area (Å²) in [7, 11) is 1.24. The van der Waals surface area contributed by atoms with E-state index >= 15 is 0 Å². The molecule has 0 aliphatic carbocycles. The Kier molecular flexibility index (Phi) is 8.51. The first-order chi connectivity index (χ1) is 4.66. The molecule has 6 heteroatoms. The zero-order chi connectivity index (χ0) is 7.98. The quantitative estimate of drug-likeness (QED) is 0.562. The molecule has 5 nitrogen and oxygen atoms in total. The van der Waals surface area contributed by atoms with Gasteiger partial charge in [0.15, 0.2) is 0 Å². The van der Waals surface area contributed by atoms with E-state index in [1.807, 2.05) is 0 Å². The van der Waals surface area contributed by atoms with Crippen LogP contribution in [0.1, 0.15) is 0 Å². The number of aliphatic carboxylic acids is 1. The van der Waals surface area contributed by atoms with E-state index in [-0.39, 0.29) is 25.5 Å². The van der Waals surface area contributed by atoms with Gasteiger partial charge in [-0.3, -0.25) is 14.9 Å². The first-order valence-corrected chi connectivity index (χ1v) is 2.66. The molecule has 0 aromatic heterocycles. The molecule has 0 amide bonds. The molecule has 0 spiro atoms. The Morgan fingerprint density at radius 1 is 1.45 bits per heavy atom. The Bertz CT molecular complexity index is 138. The van der Waals surface area contributed by atoms with Gasteiger partial charge in [-0.05, 0) is 0 Å². The lowest BCUT2D eigenvalue weighted by Crippen LogP contribution is -2.28. The van der Waals surface area contributed by atoms with E-state index in [4.69, 9.17) is 5.11 Å². The van der Waals surface area contributed by atoms with Crippen molar-refractivity contribution in [3.05, 3.63) is 0 Å². The van der Waals surface area contributed by atoms with Crippen LogP contribution in [0.15, 0.2) is 0 Å². The van der Waals surface area contributed by atoms with Gasteiger partial charge in [-0.2, -0.15) is 0 Å². The number of methoxy groups -OCH3 is 1. The second kappa shape index (κ2) is 7.30. The van der Waals surface area contributed by atoms with E-state index in [2.05, 4.69) is 10.1 Å². The van der Waals surface area contributed by atoms with Gasteiger partial charge in [-0.1, -0.05) is 0 Å². The van der Waals surface area contributed by atoms with Gasteiger partial charge in [-0.15, -0.1) is 12.4 Å². The molecular formula is C5H10ClNO4. The standard InChI is InChI=1S/C5H9NO4.ClH/c1-10-5(9)3-6-2-4(7)8;/h6H,2-3H2,1H3,(H,7,8);1H. The zero-order valence-corrected chi connectivity index (χ0v) is 6.81. The van der Waals surface area contributed by atoms with Crippen LogP contribution in [-0.4, -0.2) is 37.2 Å². The summed E-state index contributed by atoms with van der Waals surface area (Å²) in [5.41, 5.74) is 0. The van der Waals surface area contributed by atoms with Crippen molar-refractivity contribution in [1.82, 2.24) is 5.32 Å². The van der Waals surface area contributed by atoms with Crippen molar-refractivity contribution in [1.29, 1.82) is 0 Å². The van der Waals surface area contributed by atoms with Crippen molar-refractivity contribution in [2.75, 3.05) is 20.2 Å². The van der Waals surface area contributed by atoms with Crippen LogP contribution in [0.4, 0.5) is 0 Å². The van der Waals surface area contributed by atoms with E-state index in [1.165, 1.54) is 7.11 Å². The monoisotopic (exact) mass is 183 g/mol. The molecule has 0 rings (SSSR count). The van der Waals surface area contributed by atoms with Gasteiger partial charge < -0.3 is 9.84 Å². The van der Waals surface area contributed by atoms with Crippen LogP contribution in [0, 0.1) is 0 Å². The van der Waals surface area contributed by atoms with Gasteiger partial charge in [-0.25, -0.2) is 0 Å². The highest BCUT2D eigenvalue weighted by Gasteiger charge is 1.99. The molecule has 66 valence electrons. The minimum atomic E-state index is -0.996. The first-order valence-electron chi connectivity index (χ1n) is 2.66. The van der Waals surface area contributed by atoms with Crippen molar-refractivity contribution in [2.24, 2.45) is 0 Å². The van der Waals surface area contributed by atoms with Gasteiger partial charge in [0, 0.05) is 0 Å². The maximum atomic E-state index is 10.3. The van der Waals surface area contributed by atoms with Crippen LogP contribution in [0.3, 0.4) is 0 Å². The van der Waals surface area contributed by atoms with Gasteiger partial charge in [0.2, 0.25) is 0 Å². The second-order valence-electron chi connectivity index (χ2n) is 1.57. The van der Waals surface area contributed by atoms with Crippen LogP contribution in [0.25, 0.3) is 0 Å². The van der Waals surface area contributed by atoms with Crippen molar-refractivity contribution in [3.63, 3.8) is 0 Å². The van der Waals surface area contributed by atoms with Crippen LogP contribution < -0.4 is 5.32 Å². The van der Waals surface area contributed by atoms with E-state index in [0.29, 0.717) is 0 Å². The zero-order valence-electron chi connectivity index (χ0n) is 5.99. The second-order valence-corrected chi connectivity index (χ2v) is 1.57. The summed E-state index contributed by atoms with van der Waals surface area (Å²) < 4.78 is 4.24. The minimum absolute atomic E-state index is 0. The average molecular weight is 184 g/mol. The fourth-order valence-corrected chi connectivity index (χ4v) is 0.344. The fourth-order valence-electron chi connectivity index (χ4n) is 0.344. The largest absolute Gasteiger partial charge is 0.480 e. The average Bonchev–Trinajstić information content (AvgIpc) is 1.87. The number of nitrogens with one attached hydrogen (secondary N) is 1. The topological polar surface area (TPSA) is 75.6 Å². The Labute approximate surface area is 70.1 Å². The molecule has 0 aliphatic rings. The van der Waals surface area contributed by atoms with Crippen LogP contribution in [0.5, 0.6) is 0 Å². The number of carboxylic acid groups (broad SMARTS) is 1. The number of ether oxygens (including phenoxy) is 1. The van der Waals surface area contributed by atoms with Gasteiger partial charge in [0.1, 0.15) is 0 Å². The summed E-state index contributed by atoms with van der Waals surface area (Å²) in [5, 5.41) is 10.4. The van der Waals surface area contributed by atoms with Gasteiger partial charge in [0.05, 0.1) is 20.2 Å². The summed E-state index contributed by atoms with van der Waals surface area (Å²) >= 11 is 0. The van der Waals surface area contributed by atoms with Crippen molar-refractivity contribution in [2.45, 2.75) is 0 Å². The number of carbonyl (C=O) groups is 2. The molecule has 0 aromatic rings. The number of halogens is 1. The number of hydrogen-bond acceptors (Lipinski definition) is 4. The molecular weight excluding hydrogens is 174 g/mol. The van der Waals surface area contributed by atoms with E-state index in [0.717, 1.165) is 0 Å². The smallest absolute Gasteiger partial charge is 0.319 e. The lowest BCUT2D eigenvalue weighted by atomic mass is 10.6. The Hall–Kier alpha value is -0.810. The van der Waals surface area contributed by atoms with Gasteiger partial charge >= 0.3 is 11.9 Å². The van der Waals surface area contributed by atoms with Crippen molar-refractivity contribution < 1.29 is 19.4 Å². The molecule has 0 saturated heterocycles. The summed E-state index contributed by atoms with van der Waals surface area (Å²) in [4.78, 5) is 20.2. The third kappa shape index (κ3) is 9.19. The summed E-state index contributed by atoms with van der Waals surface area (Å²) in [6.07, 6.45) is 0. The minimum Gasteiger partial charge on any atom is -0.480 e. The molecule has 0 aromatic carbocycles. The molecule has 0 heterocycles. The van der Waals surface area contributed by atoms with Crippen LogP contribution in [-0.2, 0) is 14.3 Å². The lowest BCUT2D eigenvalue weighted by molar-refractivity contribution is -0.140. The third-order valence-corrected chi connectivity index (χ3v) is 0.773. The molecule has 2 N–H and O–H groups in total. The maximum Gasteiger partial charge on any atom is 0.319 e. The van der Waals surface area contributed by atoms with E-state index in [1.54, 1.807) is 0 Å². The van der Waals surface area contributed by atoms with Crippen molar-refractivity contribution >= 4 is 24.3 Å². The SMILES string of the molecule is COC(=O)CNCC(=O)O.Cl. The number of carbonyl (C=O) groups excluding carboxylic acids is 1. The number of esters is 1. The number of rotatable bonds is 4. The Morgan fingerprint density at radius 2 is 2.00 bits per heavy atom. The molecule has 0 bridgehead atoms. The highest BCUT2D eigenvalue weighted by Crippen LogP contribution is 1.68. The summed E-state index contributed by atoms with van der Waals surface area (Å²) in [6.45, 7) is -0.294. The molecule has 0 atom stereocenters. The molecule has 0 fully saturated rings. The molecule has 0 aliphatic heterocycles. The van der Waals surface area contributed by atoms with E-state index in [9.17, 15) is 9.59 Å². The number of carboxylic acids is 1. The predicted molar refractivity (Wildman–Crippen MR) is 39.8 cm³/mol. The molecule has 0 unspecified atom stereocenters.